The van der Waals surface area contributed by atoms with Gasteiger partial charge >= 0.3 is 0 Å². The van der Waals surface area contributed by atoms with Gasteiger partial charge in [0.05, 0.1) is 31.7 Å². The molecule has 3 heterocycles. The highest BCUT2D eigenvalue weighted by molar-refractivity contribution is 9.10. The number of imidazole rings is 1. The van der Waals surface area contributed by atoms with Crippen LogP contribution >= 0.6 is 15.9 Å². The van der Waals surface area contributed by atoms with Crippen molar-refractivity contribution < 1.29 is 14.6 Å². The van der Waals surface area contributed by atoms with Crippen molar-refractivity contribution in [1.82, 2.24) is 19.3 Å². The van der Waals surface area contributed by atoms with E-state index in [1.807, 2.05) is 0 Å². The molecule has 0 spiro atoms. The van der Waals surface area contributed by atoms with Gasteiger partial charge in [-0.3, -0.25) is 9.20 Å². The standard InChI is InChI=1S/C14H17BrN4O3/c15-12-9-19-11(6-17-13(19)7-16-12)14(21)18-3-1-2-10(8-18)22-5-4-20/h6-7,9-10,20H,1-5,8H2/t10-/m1/s1. The molecule has 8 heteroatoms. The Labute approximate surface area is 136 Å². The Morgan fingerprint density at radius 1 is 1.45 bits per heavy atom. The summed E-state index contributed by atoms with van der Waals surface area (Å²) in [6.07, 6.45) is 6.71. The molecule has 0 aromatic carbocycles. The number of carbonyl (C=O) groups excluding carboxylic acids is 1. The summed E-state index contributed by atoms with van der Waals surface area (Å²) in [5.74, 6) is -0.0668. The SMILES string of the molecule is O=C(c1cnc2cnc(Br)cn12)N1CCC[C@@H](OCCO)C1. The van der Waals surface area contributed by atoms with E-state index in [9.17, 15) is 4.79 Å². The zero-order chi connectivity index (χ0) is 15.5. The molecule has 22 heavy (non-hydrogen) atoms. The van der Waals surface area contributed by atoms with Crippen LogP contribution in [0.1, 0.15) is 23.3 Å². The van der Waals surface area contributed by atoms with Crippen molar-refractivity contribution in [3.8, 4) is 0 Å². The van der Waals surface area contributed by atoms with Gasteiger partial charge in [0.15, 0.2) is 5.65 Å². The van der Waals surface area contributed by atoms with Gasteiger partial charge in [0.1, 0.15) is 10.3 Å². The fourth-order valence-electron chi connectivity index (χ4n) is 2.66. The molecule has 2 aromatic heterocycles. The van der Waals surface area contributed by atoms with Gasteiger partial charge < -0.3 is 14.7 Å². The molecule has 118 valence electrons. The summed E-state index contributed by atoms with van der Waals surface area (Å²) >= 11 is 3.31. The van der Waals surface area contributed by atoms with Crippen molar-refractivity contribution >= 4 is 27.5 Å². The first-order chi connectivity index (χ1) is 10.7. The molecule has 1 saturated heterocycles. The molecule has 0 bridgehead atoms. The highest BCUT2D eigenvalue weighted by Crippen LogP contribution is 2.17. The number of aliphatic hydroxyl groups excluding tert-OH is 1. The highest BCUT2D eigenvalue weighted by atomic mass is 79.9. The molecule has 1 aliphatic rings. The Balaban J connectivity index is 1.78. The largest absolute Gasteiger partial charge is 0.394 e. The fraction of sp³-hybridized carbons (Fsp3) is 0.500. The topological polar surface area (TPSA) is 80.0 Å². The van der Waals surface area contributed by atoms with Gasteiger partial charge in [0, 0.05) is 19.3 Å². The van der Waals surface area contributed by atoms with E-state index in [2.05, 4.69) is 25.9 Å². The fourth-order valence-corrected chi connectivity index (χ4v) is 2.97. The molecule has 0 aliphatic carbocycles. The van der Waals surface area contributed by atoms with Crippen molar-refractivity contribution in [1.29, 1.82) is 0 Å². The number of halogens is 1. The van der Waals surface area contributed by atoms with Gasteiger partial charge in [0.2, 0.25) is 0 Å². The third kappa shape index (κ3) is 3.13. The van der Waals surface area contributed by atoms with Crippen molar-refractivity contribution in [3.63, 3.8) is 0 Å². The number of carbonyl (C=O) groups is 1. The number of likely N-dealkylation sites (tertiary alicyclic amines) is 1. The number of rotatable bonds is 4. The summed E-state index contributed by atoms with van der Waals surface area (Å²) in [6, 6.07) is 0. The molecule has 1 N–H and O–H groups in total. The third-order valence-corrected chi connectivity index (χ3v) is 4.10. The average Bonchev–Trinajstić information content (AvgIpc) is 2.95. The molecule has 0 saturated carbocycles. The van der Waals surface area contributed by atoms with E-state index in [1.54, 1.807) is 27.9 Å². The summed E-state index contributed by atoms with van der Waals surface area (Å²) in [4.78, 5) is 22.8. The summed E-state index contributed by atoms with van der Waals surface area (Å²) in [5.41, 5.74) is 1.15. The van der Waals surface area contributed by atoms with Crippen LogP contribution in [0.25, 0.3) is 5.65 Å². The van der Waals surface area contributed by atoms with E-state index in [0.717, 1.165) is 12.8 Å². The first kappa shape index (κ1) is 15.4. The quantitative estimate of drug-likeness (QED) is 0.873. The Hall–Kier alpha value is -1.51. The molecule has 2 aromatic rings. The minimum absolute atomic E-state index is 0.00126. The Morgan fingerprint density at radius 2 is 2.32 bits per heavy atom. The van der Waals surface area contributed by atoms with Crippen LogP contribution < -0.4 is 0 Å². The first-order valence-electron chi connectivity index (χ1n) is 7.19. The number of aromatic nitrogens is 3. The van der Waals surface area contributed by atoms with Crippen LogP contribution in [0.4, 0.5) is 0 Å². The van der Waals surface area contributed by atoms with Gasteiger partial charge in [-0.15, -0.1) is 0 Å². The highest BCUT2D eigenvalue weighted by Gasteiger charge is 2.26. The molecule has 7 nitrogen and oxygen atoms in total. The number of hydrogen-bond acceptors (Lipinski definition) is 5. The second-order valence-electron chi connectivity index (χ2n) is 5.19. The maximum absolute atomic E-state index is 12.7. The lowest BCUT2D eigenvalue weighted by atomic mass is 10.1. The van der Waals surface area contributed by atoms with E-state index < -0.39 is 0 Å². The zero-order valence-corrected chi connectivity index (χ0v) is 13.6. The monoisotopic (exact) mass is 368 g/mol. The first-order valence-corrected chi connectivity index (χ1v) is 7.98. The van der Waals surface area contributed by atoms with Crippen LogP contribution in [-0.2, 0) is 4.74 Å². The van der Waals surface area contributed by atoms with Crippen LogP contribution in [0, 0.1) is 0 Å². The second kappa shape index (κ2) is 6.72. The number of hydrogen-bond donors (Lipinski definition) is 1. The van der Waals surface area contributed by atoms with Gasteiger partial charge in [-0.1, -0.05) is 0 Å². The maximum Gasteiger partial charge on any atom is 0.272 e. The van der Waals surface area contributed by atoms with Crippen molar-refractivity contribution in [3.05, 3.63) is 28.9 Å². The minimum atomic E-state index is -0.0668. The molecule has 1 aliphatic heterocycles. The average molecular weight is 369 g/mol. The van der Waals surface area contributed by atoms with E-state index in [0.29, 0.717) is 35.6 Å². The van der Waals surface area contributed by atoms with Gasteiger partial charge in [-0.25, -0.2) is 9.97 Å². The van der Waals surface area contributed by atoms with Crippen LogP contribution in [0.2, 0.25) is 0 Å². The Bertz CT molecular complexity index is 675. The second-order valence-corrected chi connectivity index (χ2v) is 6.00. The number of piperidine rings is 1. The van der Waals surface area contributed by atoms with E-state index in [1.165, 1.54) is 0 Å². The van der Waals surface area contributed by atoms with E-state index >= 15 is 0 Å². The lowest BCUT2D eigenvalue weighted by Crippen LogP contribution is -2.43. The lowest BCUT2D eigenvalue weighted by molar-refractivity contribution is -0.0112. The van der Waals surface area contributed by atoms with Crippen LogP contribution in [0.15, 0.2) is 23.2 Å². The minimum Gasteiger partial charge on any atom is -0.394 e. The normalized spacial score (nSPS) is 18.8. The summed E-state index contributed by atoms with van der Waals surface area (Å²) in [7, 11) is 0. The van der Waals surface area contributed by atoms with Gasteiger partial charge in [-0.05, 0) is 28.8 Å². The molecule has 1 atom stereocenters. The number of aliphatic hydroxyl groups is 1. The van der Waals surface area contributed by atoms with Crippen LogP contribution in [0.3, 0.4) is 0 Å². The molecular weight excluding hydrogens is 352 g/mol. The van der Waals surface area contributed by atoms with E-state index in [4.69, 9.17) is 9.84 Å². The third-order valence-electron chi connectivity index (χ3n) is 3.69. The molecule has 3 rings (SSSR count). The summed E-state index contributed by atoms with van der Waals surface area (Å²) in [6.45, 7) is 1.55. The number of ether oxygens (including phenoxy) is 1. The molecule has 0 radical (unpaired) electrons. The summed E-state index contributed by atoms with van der Waals surface area (Å²) < 4.78 is 7.93. The van der Waals surface area contributed by atoms with Crippen LogP contribution in [0.5, 0.6) is 0 Å². The van der Waals surface area contributed by atoms with Crippen molar-refractivity contribution in [2.24, 2.45) is 0 Å². The zero-order valence-electron chi connectivity index (χ0n) is 12.0. The molecule has 1 fully saturated rings. The molecular formula is C14H17BrN4O3. The van der Waals surface area contributed by atoms with Crippen molar-refractivity contribution in [2.45, 2.75) is 18.9 Å². The molecule has 1 amide bonds. The smallest absolute Gasteiger partial charge is 0.272 e. The van der Waals surface area contributed by atoms with E-state index in [-0.39, 0.29) is 18.6 Å². The lowest BCUT2D eigenvalue weighted by Gasteiger charge is -2.32. The number of nitrogens with zero attached hydrogens (tertiary/aromatic N) is 4. The summed E-state index contributed by atoms with van der Waals surface area (Å²) in [5, 5.41) is 8.84. The predicted octanol–water partition coefficient (Wildman–Crippen LogP) is 1.11. The van der Waals surface area contributed by atoms with Crippen LogP contribution in [-0.4, -0.2) is 62.7 Å². The van der Waals surface area contributed by atoms with Crippen molar-refractivity contribution in [2.75, 3.05) is 26.3 Å². The Morgan fingerprint density at radius 3 is 3.14 bits per heavy atom. The number of fused-ring (bicyclic) bond motifs is 1. The van der Waals surface area contributed by atoms with Gasteiger partial charge in [-0.2, -0.15) is 0 Å². The molecule has 0 unspecified atom stereocenters. The maximum atomic E-state index is 12.7. The Kier molecular flexibility index (Phi) is 4.70. The predicted molar refractivity (Wildman–Crippen MR) is 82.7 cm³/mol. The number of amides is 1. The van der Waals surface area contributed by atoms with Gasteiger partial charge in [0.25, 0.3) is 5.91 Å².